The maximum atomic E-state index is 12.1. The van der Waals surface area contributed by atoms with Gasteiger partial charge < -0.3 is 9.47 Å². The molecule has 4 rings (SSSR count). The van der Waals surface area contributed by atoms with E-state index in [9.17, 15) is 9.59 Å². The first kappa shape index (κ1) is 20.7. The van der Waals surface area contributed by atoms with E-state index in [1.807, 2.05) is 6.92 Å². The number of hydrogen-bond acceptors (Lipinski definition) is 4. The standard InChI is InChI=1S/C25H36O4/c1-5-28-23(27)15-18-7-9-21-20-8-6-17-14-19(29-16(2)26)10-12-24(17,3)22(20)11-13-25(18,21)4/h6,15,19-22H,5,7-14H2,1-4H3. The van der Waals surface area contributed by atoms with E-state index >= 15 is 0 Å². The van der Waals surface area contributed by atoms with Gasteiger partial charge in [-0.05, 0) is 80.5 Å². The zero-order valence-corrected chi connectivity index (χ0v) is 18.5. The van der Waals surface area contributed by atoms with Gasteiger partial charge >= 0.3 is 11.9 Å². The van der Waals surface area contributed by atoms with E-state index in [0.717, 1.165) is 32.1 Å². The number of ether oxygens (including phenoxy) is 2. The Balaban J connectivity index is 1.56. The van der Waals surface area contributed by atoms with Gasteiger partial charge in [0.05, 0.1) is 6.61 Å². The van der Waals surface area contributed by atoms with Crippen molar-refractivity contribution in [3.63, 3.8) is 0 Å². The minimum Gasteiger partial charge on any atom is -0.463 e. The number of rotatable bonds is 3. The van der Waals surface area contributed by atoms with Crippen LogP contribution in [0.3, 0.4) is 0 Å². The third-order valence-corrected chi connectivity index (χ3v) is 8.82. The first-order valence-corrected chi connectivity index (χ1v) is 11.5. The molecular weight excluding hydrogens is 364 g/mol. The predicted octanol–water partition coefficient (Wildman–Crippen LogP) is 5.37. The van der Waals surface area contributed by atoms with Gasteiger partial charge in [0, 0.05) is 19.4 Å². The normalized spacial score (nSPS) is 42.3. The van der Waals surface area contributed by atoms with E-state index in [4.69, 9.17) is 9.47 Å². The van der Waals surface area contributed by atoms with Gasteiger partial charge in [0.15, 0.2) is 0 Å². The molecule has 0 saturated heterocycles. The van der Waals surface area contributed by atoms with Crippen LogP contribution in [0.15, 0.2) is 23.3 Å². The second kappa shape index (κ2) is 7.59. The van der Waals surface area contributed by atoms with Crippen molar-refractivity contribution in [3.05, 3.63) is 23.3 Å². The van der Waals surface area contributed by atoms with Crippen LogP contribution in [0.5, 0.6) is 0 Å². The number of fused-ring (bicyclic) bond motifs is 5. The zero-order chi connectivity index (χ0) is 20.8. The van der Waals surface area contributed by atoms with Gasteiger partial charge in [0.2, 0.25) is 0 Å². The predicted molar refractivity (Wildman–Crippen MR) is 112 cm³/mol. The van der Waals surface area contributed by atoms with Crippen LogP contribution in [0.4, 0.5) is 0 Å². The summed E-state index contributed by atoms with van der Waals surface area (Å²) in [4.78, 5) is 23.5. The van der Waals surface area contributed by atoms with Gasteiger partial charge in [-0.15, -0.1) is 0 Å². The third kappa shape index (κ3) is 3.47. The molecule has 0 bridgehead atoms. The summed E-state index contributed by atoms with van der Waals surface area (Å²) < 4.78 is 10.7. The van der Waals surface area contributed by atoms with Gasteiger partial charge in [0.25, 0.3) is 0 Å². The summed E-state index contributed by atoms with van der Waals surface area (Å²) in [5, 5.41) is 0. The van der Waals surface area contributed by atoms with Gasteiger partial charge in [-0.1, -0.05) is 31.1 Å². The van der Waals surface area contributed by atoms with Crippen molar-refractivity contribution in [1.29, 1.82) is 0 Å². The molecular formula is C25H36O4. The smallest absolute Gasteiger partial charge is 0.330 e. The molecule has 6 unspecified atom stereocenters. The van der Waals surface area contributed by atoms with Crippen LogP contribution < -0.4 is 0 Å². The molecule has 0 N–H and O–H groups in total. The van der Waals surface area contributed by atoms with Crippen LogP contribution >= 0.6 is 0 Å². The van der Waals surface area contributed by atoms with Gasteiger partial charge in [-0.25, -0.2) is 4.79 Å². The summed E-state index contributed by atoms with van der Waals surface area (Å²) in [7, 11) is 0. The first-order chi connectivity index (χ1) is 13.8. The Bertz CT molecular complexity index is 750. The summed E-state index contributed by atoms with van der Waals surface area (Å²) in [6.45, 7) is 8.68. The molecule has 4 aliphatic rings. The Hall–Kier alpha value is -1.58. The lowest BCUT2D eigenvalue weighted by Gasteiger charge is -2.57. The van der Waals surface area contributed by atoms with Crippen molar-refractivity contribution in [2.24, 2.45) is 28.6 Å². The lowest BCUT2D eigenvalue weighted by atomic mass is 9.48. The van der Waals surface area contributed by atoms with Crippen molar-refractivity contribution in [1.82, 2.24) is 0 Å². The van der Waals surface area contributed by atoms with E-state index < -0.39 is 0 Å². The molecule has 4 heteroatoms. The summed E-state index contributed by atoms with van der Waals surface area (Å²) in [6, 6.07) is 0. The van der Waals surface area contributed by atoms with Crippen molar-refractivity contribution in [3.8, 4) is 0 Å². The average molecular weight is 401 g/mol. The molecule has 0 amide bonds. The van der Waals surface area contributed by atoms with E-state index in [1.165, 1.54) is 37.3 Å². The van der Waals surface area contributed by atoms with Crippen LogP contribution in [-0.2, 0) is 19.1 Å². The van der Waals surface area contributed by atoms with Crippen molar-refractivity contribution < 1.29 is 19.1 Å². The molecule has 0 radical (unpaired) electrons. The van der Waals surface area contributed by atoms with E-state index in [0.29, 0.717) is 24.4 Å². The lowest BCUT2D eigenvalue weighted by molar-refractivity contribution is -0.148. The molecule has 6 atom stereocenters. The third-order valence-electron chi connectivity index (χ3n) is 8.82. The van der Waals surface area contributed by atoms with Crippen molar-refractivity contribution in [2.45, 2.75) is 85.2 Å². The highest BCUT2D eigenvalue weighted by Gasteiger charge is 2.57. The van der Waals surface area contributed by atoms with Crippen LogP contribution in [-0.4, -0.2) is 24.6 Å². The second-order valence-corrected chi connectivity index (χ2v) is 10.2. The molecule has 0 spiro atoms. The highest BCUT2D eigenvalue weighted by Crippen LogP contribution is 2.66. The molecule has 0 aliphatic heterocycles. The van der Waals surface area contributed by atoms with Crippen LogP contribution in [0, 0.1) is 28.6 Å². The van der Waals surface area contributed by atoms with E-state index in [2.05, 4.69) is 19.9 Å². The van der Waals surface area contributed by atoms with Gasteiger partial charge in [-0.2, -0.15) is 0 Å². The molecule has 0 heterocycles. The molecule has 160 valence electrons. The number of hydrogen-bond donors (Lipinski definition) is 0. The SMILES string of the molecule is CCOC(=O)C=C1CCC2C3CC=C4CC(OC(C)=O)CCC4(C)C3CCC12C. The number of carbonyl (C=O) groups excluding carboxylic acids is 2. The summed E-state index contributed by atoms with van der Waals surface area (Å²) >= 11 is 0. The summed E-state index contributed by atoms with van der Waals surface area (Å²) in [5.41, 5.74) is 3.23. The minimum absolute atomic E-state index is 0.0582. The lowest BCUT2D eigenvalue weighted by Crippen LogP contribution is -2.49. The monoisotopic (exact) mass is 400 g/mol. The number of esters is 2. The maximum absolute atomic E-state index is 12.1. The second-order valence-electron chi connectivity index (χ2n) is 10.2. The molecule has 0 aromatic rings. The Morgan fingerprint density at radius 1 is 1.14 bits per heavy atom. The molecule has 4 aliphatic carbocycles. The van der Waals surface area contributed by atoms with E-state index in [1.54, 1.807) is 6.08 Å². The zero-order valence-electron chi connectivity index (χ0n) is 18.5. The largest absolute Gasteiger partial charge is 0.463 e. The van der Waals surface area contributed by atoms with Gasteiger partial charge in [0.1, 0.15) is 6.10 Å². The maximum Gasteiger partial charge on any atom is 0.330 e. The molecule has 0 aromatic heterocycles. The van der Waals surface area contributed by atoms with Crippen molar-refractivity contribution in [2.75, 3.05) is 6.61 Å². The molecule has 29 heavy (non-hydrogen) atoms. The fraction of sp³-hybridized carbons (Fsp3) is 0.760. The average Bonchev–Trinajstić information content (AvgIpc) is 2.98. The topological polar surface area (TPSA) is 52.6 Å². The quantitative estimate of drug-likeness (QED) is 0.363. The van der Waals surface area contributed by atoms with Crippen LogP contribution in [0.1, 0.15) is 79.1 Å². The molecule has 3 fully saturated rings. The highest BCUT2D eigenvalue weighted by atomic mass is 16.5. The summed E-state index contributed by atoms with van der Waals surface area (Å²) in [6.07, 6.45) is 13.1. The molecule has 4 nitrogen and oxygen atoms in total. The van der Waals surface area contributed by atoms with Crippen LogP contribution in [0.2, 0.25) is 0 Å². The Morgan fingerprint density at radius 3 is 2.59 bits per heavy atom. The van der Waals surface area contributed by atoms with Crippen LogP contribution in [0.25, 0.3) is 0 Å². The Labute approximate surface area is 175 Å². The molecule has 3 saturated carbocycles. The highest BCUT2D eigenvalue weighted by molar-refractivity contribution is 5.83. The Morgan fingerprint density at radius 2 is 1.86 bits per heavy atom. The van der Waals surface area contributed by atoms with Crippen molar-refractivity contribution >= 4 is 11.9 Å². The minimum atomic E-state index is -0.173. The summed E-state index contributed by atoms with van der Waals surface area (Å²) in [5.74, 6) is 1.73. The number of allylic oxidation sites excluding steroid dienone is 2. The van der Waals surface area contributed by atoms with Gasteiger partial charge in [-0.3, -0.25) is 4.79 Å². The fourth-order valence-corrected chi connectivity index (χ4v) is 7.37. The molecule has 0 aromatic carbocycles. The first-order valence-electron chi connectivity index (χ1n) is 11.5. The van der Waals surface area contributed by atoms with E-state index in [-0.39, 0.29) is 28.9 Å². The number of carbonyl (C=O) groups is 2. The Kier molecular flexibility index (Phi) is 5.41. The fourth-order valence-electron chi connectivity index (χ4n) is 7.37.